The SMILES string of the molecule is CCNC(Cc1nnn(C)n1)c1ccc(F)c(F)c1. The van der Waals surface area contributed by atoms with Crippen LogP contribution in [0.15, 0.2) is 18.2 Å². The first kappa shape index (κ1) is 13.5. The van der Waals surface area contributed by atoms with Crippen molar-refractivity contribution in [2.45, 2.75) is 19.4 Å². The molecule has 1 aromatic carbocycles. The zero-order chi connectivity index (χ0) is 13.8. The Balaban J connectivity index is 2.21. The third-order valence-corrected chi connectivity index (χ3v) is 2.73. The second kappa shape index (κ2) is 5.83. The molecule has 2 rings (SSSR count). The largest absolute Gasteiger partial charge is 0.310 e. The minimum Gasteiger partial charge on any atom is -0.310 e. The summed E-state index contributed by atoms with van der Waals surface area (Å²) in [5.41, 5.74) is 0.660. The van der Waals surface area contributed by atoms with E-state index in [1.54, 1.807) is 13.1 Å². The van der Waals surface area contributed by atoms with Gasteiger partial charge >= 0.3 is 0 Å². The number of tetrazole rings is 1. The van der Waals surface area contributed by atoms with Crippen molar-refractivity contribution < 1.29 is 8.78 Å². The Morgan fingerprint density at radius 1 is 1.32 bits per heavy atom. The van der Waals surface area contributed by atoms with Gasteiger partial charge in [-0.2, -0.15) is 4.80 Å². The molecular weight excluding hydrogens is 252 g/mol. The summed E-state index contributed by atoms with van der Waals surface area (Å²) in [6, 6.07) is 3.70. The predicted molar refractivity (Wildman–Crippen MR) is 65.3 cm³/mol. The van der Waals surface area contributed by atoms with Crippen LogP contribution in [0.3, 0.4) is 0 Å². The van der Waals surface area contributed by atoms with Crippen LogP contribution >= 0.6 is 0 Å². The molecule has 0 spiro atoms. The van der Waals surface area contributed by atoms with E-state index in [4.69, 9.17) is 0 Å². The third-order valence-electron chi connectivity index (χ3n) is 2.73. The van der Waals surface area contributed by atoms with Crippen LogP contribution in [0.2, 0.25) is 0 Å². The summed E-state index contributed by atoms with van der Waals surface area (Å²) in [4.78, 5) is 1.36. The number of likely N-dealkylation sites (N-methyl/N-ethyl adjacent to an activating group) is 1. The number of halogens is 2. The first-order valence-electron chi connectivity index (χ1n) is 6.01. The van der Waals surface area contributed by atoms with Gasteiger partial charge in [-0.3, -0.25) is 0 Å². The summed E-state index contributed by atoms with van der Waals surface area (Å²) in [6.07, 6.45) is 0.465. The van der Waals surface area contributed by atoms with Gasteiger partial charge in [-0.15, -0.1) is 10.2 Å². The van der Waals surface area contributed by atoms with Gasteiger partial charge in [0.2, 0.25) is 0 Å². The molecule has 0 saturated heterocycles. The average Bonchev–Trinajstić information content (AvgIpc) is 2.78. The third kappa shape index (κ3) is 3.31. The van der Waals surface area contributed by atoms with Gasteiger partial charge in [-0.1, -0.05) is 13.0 Å². The smallest absolute Gasteiger partial charge is 0.176 e. The van der Waals surface area contributed by atoms with E-state index in [1.165, 1.54) is 10.9 Å². The molecule has 7 heteroatoms. The molecule has 1 atom stereocenters. The number of benzene rings is 1. The second-order valence-corrected chi connectivity index (χ2v) is 4.18. The normalized spacial score (nSPS) is 12.6. The fourth-order valence-corrected chi connectivity index (χ4v) is 1.87. The first-order valence-corrected chi connectivity index (χ1v) is 6.01. The van der Waals surface area contributed by atoms with Gasteiger partial charge in [0, 0.05) is 12.5 Å². The highest BCUT2D eigenvalue weighted by atomic mass is 19.2. The Labute approximate surface area is 109 Å². The van der Waals surface area contributed by atoms with Gasteiger partial charge in [0.15, 0.2) is 17.5 Å². The molecule has 1 aromatic heterocycles. The lowest BCUT2D eigenvalue weighted by atomic mass is 10.0. The number of aromatic nitrogens is 4. The van der Waals surface area contributed by atoms with Gasteiger partial charge in [0.1, 0.15) is 0 Å². The summed E-state index contributed by atoms with van der Waals surface area (Å²) < 4.78 is 26.2. The zero-order valence-corrected chi connectivity index (χ0v) is 10.8. The maximum atomic E-state index is 13.3. The summed E-state index contributed by atoms with van der Waals surface area (Å²) >= 11 is 0. The lowest BCUT2D eigenvalue weighted by molar-refractivity contribution is 0.494. The van der Waals surface area contributed by atoms with Crippen LogP contribution in [0.1, 0.15) is 24.4 Å². The summed E-state index contributed by atoms with van der Waals surface area (Å²) in [6.45, 7) is 2.64. The van der Waals surface area contributed by atoms with Crippen LogP contribution in [0.4, 0.5) is 8.78 Å². The minimum absolute atomic E-state index is 0.177. The molecule has 102 valence electrons. The van der Waals surface area contributed by atoms with Crippen LogP contribution in [-0.4, -0.2) is 26.8 Å². The van der Waals surface area contributed by atoms with Crippen molar-refractivity contribution in [1.82, 2.24) is 25.5 Å². The molecule has 1 unspecified atom stereocenters. The monoisotopic (exact) mass is 267 g/mol. The lowest BCUT2D eigenvalue weighted by Gasteiger charge is -2.16. The number of nitrogens with zero attached hydrogens (tertiary/aromatic N) is 4. The summed E-state index contributed by atoms with van der Waals surface area (Å²) in [5.74, 6) is -1.15. The molecule has 0 saturated carbocycles. The molecule has 19 heavy (non-hydrogen) atoms. The number of hydrogen-bond acceptors (Lipinski definition) is 4. The van der Waals surface area contributed by atoms with Crippen LogP contribution in [-0.2, 0) is 13.5 Å². The Morgan fingerprint density at radius 2 is 2.11 bits per heavy atom. The fraction of sp³-hybridized carbons (Fsp3) is 0.417. The maximum Gasteiger partial charge on any atom is 0.176 e. The number of nitrogens with one attached hydrogen (secondary N) is 1. The number of rotatable bonds is 5. The molecule has 0 aliphatic rings. The van der Waals surface area contributed by atoms with E-state index < -0.39 is 11.6 Å². The standard InChI is InChI=1S/C12H15F2N5/c1-3-15-11(7-12-16-18-19(2)17-12)8-4-5-9(13)10(14)6-8/h4-6,11,15H,3,7H2,1-2H3. The Bertz CT molecular complexity index is 555. The molecular formula is C12H15F2N5. The average molecular weight is 267 g/mol. The van der Waals surface area contributed by atoms with Crippen LogP contribution in [0, 0.1) is 11.6 Å². The van der Waals surface area contributed by atoms with Crippen molar-refractivity contribution in [2.24, 2.45) is 7.05 Å². The highest BCUT2D eigenvalue weighted by Gasteiger charge is 2.16. The number of aryl methyl sites for hydroxylation is 1. The van der Waals surface area contributed by atoms with Crippen LogP contribution in [0.25, 0.3) is 0 Å². The van der Waals surface area contributed by atoms with Gasteiger partial charge in [-0.25, -0.2) is 8.78 Å². The molecule has 0 aliphatic heterocycles. The number of hydrogen-bond donors (Lipinski definition) is 1. The molecule has 0 amide bonds. The molecule has 0 radical (unpaired) electrons. The summed E-state index contributed by atoms with van der Waals surface area (Å²) in [7, 11) is 1.68. The van der Waals surface area contributed by atoms with Crippen LogP contribution in [0.5, 0.6) is 0 Å². The fourth-order valence-electron chi connectivity index (χ4n) is 1.87. The second-order valence-electron chi connectivity index (χ2n) is 4.18. The highest BCUT2D eigenvalue weighted by molar-refractivity contribution is 5.22. The van der Waals surface area contributed by atoms with Gasteiger partial charge in [0.05, 0.1) is 7.05 Å². The summed E-state index contributed by atoms with van der Waals surface area (Å²) in [5, 5.41) is 14.9. The predicted octanol–water partition coefficient (Wildman–Crippen LogP) is 1.38. The minimum atomic E-state index is -0.854. The maximum absolute atomic E-state index is 13.3. The Hall–Kier alpha value is -1.89. The van der Waals surface area contributed by atoms with Gasteiger partial charge in [0.25, 0.3) is 0 Å². The molecule has 0 bridgehead atoms. The van der Waals surface area contributed by atoms with E-state index in [2.05, 4.69) is 20.7 Å². The van der Waals surface area contributed by atoms with Crippen molar-refractivity contribution in [3.05, 3.63) is 41.2 Å². The van der Waals surface area contributed by atoms with Gasteiger partial charge < -0.3 is 5.32 Å². The van der Waals surface area contributed by atoms with Gasteiger partial charge in [-0.05, 0) is 29.5 Å². The van der Waals surface area contributed by atoms with E-state index in [1.807, 2.05) is 6.92 Å². The van der Waals surface area contributed by atoms with Crippen molar-refractivity contribution in [1.29, 1.82) is 0 Å². The highest BCUT2D eigenvalue weighted by Crippen LogP contribution is 2.19. The molecule has 0 aliphatic carbocycles. The Morgan fingerprint density at radius 3 is 2.68 bits per heavy atom. The molecule has 0 fully saturated rings. The first-order chi connectivity index (χ1) is 9.10. The van der Waals surface area contributed by atoms with Crippen molar-refractivity contribution in [3.63, 3.8) is 0 Å². The van der Waals surface area contributed by atoms with E-state index in [9.17, 15) is 8.78 Å². The van der Waals surface area contributed by atoms with Crippen molar-refractivity contribution in [3.8, 4) is 0 Å². The quantitative estimate of drug-likeness (QED) is 0.889. The van der Waals surface area contributed by atoms with Crippen LogP contribution < -0.4 is 5.32 Å². The van der Waals surface area contributed by atoms with Crippen molar-refractivity contribution >= 4 is 0 Å². The van der Waals surface area contributed by atoms with E-state index in [0.717, 1.165) is 6.07 Å². The zero-order valence-electron chi connectivity index (χ0n) is 10.8. The van der Waals surface area contributed by atoms with E-state index >= 15 is 0 Å². The van der Waals surface area contributed by atoms with E-state index in [0.29, 0.717) is 24.4 Å². The molecule has 2 aromatic rings. The lowest BCUT2D eigenvalue weighted by Crippen LogP contribution is -2.23. The molecule has 1 heterocycles. The molecule has 5 nitrogen and oxygen atoms in total. The van der Waals surface area contributed by atoms with E-state index in [-0.39, 0.29) is 6.04 Å². The Kier molecular flexibility index (Phi) is 4.16. The topological polar surface area (TPSA) is 55.6 Å². The molecule has 1 N–H and O–H groups in total. The van der Waals surface area contributed by atoms with Crippen molar-refractivity contribution in [2.75, 3.05) is 6.54 Å².